The standard InChI is InChI=1S/C38H43N3O3/c1-23-7-10-30(18-31(23)37(43)44-22-24-5-3-2-4-6-24)39-36(42)34-33(40-35(41-34)32-17-25-8-9-29(32)16-25)11-12-38-19-26-13-27(20-38)15-28(14-26)21-38/h2-10,18,25-29,32H,11-17,19-22H2,1H3,(H,39,42)(H,40,41). The van der Waals surface area contributed by atoms with Gasteiger partial charge in [-0.05, 0) is 129 Å². The minimum Gasteiger partial charge on any atom is -0.457 e. The number of carbonyl (C=O) groups excluding carboxylic acids is 2. The van der Waals surface area contributed by atoms with Crippen LogP contribution in [0.1, 0.15) is 107 Å². The van der Waals surface area contributed by atoms with Gasteiger partial charge in [-0.25, -0.2) is 9.78 Å². The van der Waals surface area contributed by atoms with Gasteiger partial charge in [0.2, 0.25) is 0 Å². The monoisotopic (exact) mass is 589 g/mol. The smallest absolute Gasteiger partial charge is 0.338 e. The summed E-state index contributed by atoms with van der Waals surface area (Å²) in [5.74, 6) is 4.61. The fourth-order valence-electron chi connectivity index (χ4n) is 9.97. The summed E-state index contributed by atoms with van der Waals surface area (Å²) >= 11 is 0. The van der Waals surface area contributed by atoms with Gasteiger partial charge in [-0.1, -0.05) is 48.6 Å². The second kappa shape index (κ2) is 11.0. The van der Waals surface area contributed by atoms with Crippen LogP contribution in [0.3, 0.4) is 0 Å². The van der Waals surface area contributed by atoms with Crippen molar-refractivity contribution in [2.75, 3.05) is 5.32 Å². The van der Waals surface area contributed by atoms with Crippen LogP contribution in [0.5, 0.6) is 0 Å². The first-order chi connectivity index (χ1) is 21.4. The number of benzene rings is 2. The molecule has 2 aromatic carbocycles. The van der Waals surface area contributed by atoms with Crippen LogP contribution < -0.4 is 5.32 Å². The van der Waals surface area contributed by atoms with E-state index in [-0.39, 0.29) is 12.5 Å². The van der Waals surface area contributed by atoms with E-state index >= 15 is 0 Å². The Kier molecular flexibility index (Phi) is 6.99. The van der Waals surface area contributed by atoms with E-state index in [0.717, 1.165) is 59.7 Å². The van der Waals surface area contributed by atoms with Crippen molar-refractivity contribution in [3.05, 3.63) is 94.6 Å². The number of amides is 1. The minimum atomic E-state index is -0.398. The third-order valence-corrected chi connectivity index (χ3v) is 11.6. The average molecular weight is 590 g/mol. The van der Waals surface area contributed by atoms with Crippen molar-refractivity contribution in [2.24, 2.45) is 35.0 Å². The molecule has 0 saturated heterocycles. The molecule has 228 valence electrons. The SMILES string of the molecule is Cc1ccc(NC(=O)c2nc(C3CC4C=CC3C4)[nH]c2CCC23CC4CC(CC(C4)C2)C3)cc1C(=O)OCc1ccccc1. The summed E-state index contributed by atoms with van der Waals surface area (Å²) < 4.78 is 5.60. The Bertz CT molecular complexity index is 1570. The largest absolute Gasteiger partial charge is 0.457 e. The van der Waals surface area contributed by atoms with Crippen LogP contribution in [0.25, 0.3) is 0 Å². The summed E-state index contributed by atoms with van der Waals surface area (Å²) in [7, 11) is 0. The number of nitrogens with zero attached hydrogens (tertiary/aromatic N) is 1. The highest BCUT2D eigenvalue weighted by molar-refractivity contribution is 6.04. The van der Waals surface area contributed by atoms with Gasteiger partial charge in [-0.2, -0.15) is 0 Å². The van der Waals surface area contributed by atoms with E-state index in [0.29, 0.717) is 40.1 Å². The molecule has 6 aliphatic rings. The van der Waals surface area contributed by atoms with Crippen LogP contribution in [0.2, 0.25) is 0 Å². The van der Waals surface area contributed by atoms with Gasteiger partial charge in [0.1, 0.15) is 18.1 Å². The molecule has 1 heterocycles. The number of ether oxygens (including phenoxy) is 1. The van der Waals surface area contributed by atoms with Gasteiger partial charge in [0.25, 0.3) is 5.91 Å². The number of aromatic amines is 1. The number of hydrogen-bond acceptors (Lipinski definition) is 4. The molecule has 9 rings (SSSR count). The molecule has 6 heteroatoms. The average Bonchev–Trinajstić information content (AvgIpc) is 3.76. The zero-order valence-electron chi connectivity index (χ0n) is 25.7. The molecule has 6 nitrogen and oxygen atoms in total. The number of anilines is 1. The molecule has 5 saturated carbocycles. The van der Waals surface area contributed by atoms with E-state index in [1.54, 1.807) is 6.07 Å². The van der Waals surface area contributed by atoms with E-state index in [1.807, 2.05) is 49.4 Å². The number of H-pyrrole nitrogens is 1. The number of allylic oxidation sites excluding steroid dienone is 2. The van der Waals surface area contributed by atoms with E-state index < -0.39 is 5.97 Å². The molecule has 6 aliphatic carbocycles. The normalized spacial score (nSPS) is 31.0. The molecule has 3 atom stereocenters. The molecule has 5 fully saturated rings. The third-order valence-electron chi connectivity index (χ3n) is 11.6. The number of aromatic nitrogens is 2. The lowest BCUT2D eigenvalue weighted by molar-refractivity contribution is -0.0570. The number of imidazole rings is 1. The predicted molar refractivity (Wildman–Crippen MR) is 170 cm³/mol. The van der Waals surface area contributed by atoms with Crippen molar-refractivity contribution < 1.29 is 14.3 Å². The lowest BCUT2D eigenvalue weighted by Crippen LogP contribution is -2.46. The van der Waals surface area contributed by atoms with Crippen LogP contribution in [-0.2, 0) is 17.8 Å². The molecular formula is C38H43N3O3. The van der Waals surface area contributed by atoms with Crippen molar-refractivity contribution in [2.45, 2.75) is 83.7 Å². The van der Waals surface area contributed by atoms with Gasteiger partial charge in [0.15, 0.2) is 0 Å². The highest BCUT2D eigenvalue weighted by atomic mass is 16.5. The number of carbonyl (C=O) groups is 2. The Morgan fingerprint density at radius 2 is 1.70 bits per heavy atom. The van der Waals surface area contributed by atoms with Gasteiger partial charge < -0.3 is 15.0 Å². The van der Waals surface area contributed by atoms with Crippen LogP contribution in [0.4, 0.5) is 5.69 Å². The minimum absolute atomic E-state index is 0.205. The number of nitrogens with one attached hydrogen (secondary N) is 2. The van der Waals surface area contributed by atoms with Crippen molar-refractivity contribution >= 4 is 17.6 Å². The van der Waals surface area contributed by atoms with Gasteiger partial charge in [0.05, 0.1) is 5.56 Å². The van der Waals surface area contributed by atoms with E-state index in [4.69, 9.17) is 9.72 Å². The highest BCUT2D eigenvalue weighted by Gasteiger charge is 2.50. The van der Waals surface area contributed by atoms with Crippen molar-refractivity contribution in [1.29, 1.82) is 0 Å². The Morgan fingerprint density at radius 3 is 2.39 bits per heavy atom. The quantitative estimate of drug-likeness (QED) is 0.195. The van der Waals surface area contributed by atoms with Gasteiger partial charge in [-0.3, -0.25) is 4.79 Å². The summed E-state index contributed by atoms with van der Waals surface area (Å²) in [4.78, 5) is 35.6. The summed E-state index contributed by atoms with van der Waals surface area (Å²) in [5.41, 5.74) is 4.71. The van der Waals surface area contributed by atoms with Crippen molar-refractivity contribution in [3.8, 4) is 0 Å². The first-order valence-corrected chi connectivity index (χ1v) is 16.8. The summed E-state index contributed by atoms with van der Waals surface area (Å²) in [6.45, 7) is 2.09. The van der Waals surface area contributed by atoms with Gasteiger partial charge in [-0.15, -0.1) is 0 Å². The van der Waals surface area contributed by atoms with Crippen molar-refractivity contribution in [3.63, 3.8) is 0 Å². The Hall–Kier alpha value is -3.67. The van der Waals surface area contributed by atoms with Gasteiger partial charge >= 0.3 is 5.97 Å². The molecular weight excluding hydrogens is 546 g/mol. The van der Waals surface area contributed by atoms with Crippen LogP contribution in [0, 0.1) is 41.9 Å². The maximum Gasteiger partial charge on any atom is 0.338 e. The second-order valence-electron chi connectivity index (χ2n) is 14.8. The van der Waals surface area contributed by atoms with E-state index in [2.05, 4.69) is 22.5 Å². The zero-order valence-corrected chi connectivity index (χ0v) is 25.7. The third kappa shape index (κ3) is 5.31. The van der Waals surface area contributed by atoms with Crippen LogP contribution in [-0.4, -0.2) is 21.8 Å². The Labute approximate surface area is 260 Å². The summed E-state index contributed by atoms with van der Waals surface area (Å²) in [5, 5.41) is 3.08. The van der Waals surface area contributed by atoms with Crippen molar-refractivity contribution in [1.82, 2.24) is 9.97 Å². The molecule has 2 N–H and O–H groups in total. The molecule has 0 spiro atoms. The number of hydrogen-bond donors (Lipinski definition) is 2. The zero-order chi connectivity index (χ0) is 29.8. The fraction of sp³-hybridized carbons (Fsp3) is 0.500. The number of aryl methyl sites for hydroxylation is 2. The summed E-state index contributed by atoms with van der Waals surface area (Å²) in [6, 6.07) is 15.1. The molecule has 0 radical (unpaired) electrons. The molecule has 3 aromatic rings. The Morgan fingerprint density at radius 1 is 0.955 bits per heavy atom. The molecule has 1 aromatic heterocycles. The van der Waals surface area contributed by atoms with Crippen LogP contribution >= 0.6 is 0 Å². The first-order valence-electron chi connectivity index (χ1n) is 16.8. The Balaban J connectivity index is 1.01. The topological polar surface area (TPSA) is 84.1 Å². The summed E-state index contributed by atoms with van der Waals surface area (Å²) in [6.07, 6.45) is 17.4. The molecule has 1 amide bonds. The maximum absolute atomic E-state index is 13.9. The number of rotatable bonds is 9. The molecule has 0 aliphatic heterocycles. The van der Waals surface area contributed by atoms with Crippen LogP contribution in [0.15, 0.2) is 60.7 Å². The maximum atomic E-state index is 13.9. The predicted octanol–water partition coefficient (Wildman–Crippen LogP) is 8.16. The van der Waals surface area contributed by atoms with Gasteiger partial charge in [0, 0.05) is 17.3 Å². The molecule has 6 bridgehead atoms. The lowest BCUT2D eigenvalue weighted by atomic mass is 9.48. The lowest BCUT2D eigenvalue weighted by Gasteiger charge is -2.57. The molecule has 3 unspecified atom stereocenters. The first kappa shape index (κ1) is 27.8. The highest BCUT2D eigenvalue weighted by Crippen LogP contribution is 2.61. The molecule has 44 heavy (non-hydrogen) atoms. The number of esters is 1. The van der Waals surface area contributed by atoms with E-state index in [9.17, 15) is 9.59 Å². The fourth-order valence-corrected chi connectivity index (χ4v) is 9.97. The number of fused-ring (bicyclic) bond motifs is 2. The second-order valence-corrected chi connectivity index (χ2v) is 14.8. The van der Waals surface area contributed by atoms with E-state index in [1.165, 1.54) is 44.9 Å².